The Kier molecular flexibility index (Phi) is 5.49. The number of nitrogens with one attached hydrogen (secondary N) is 1. The Hall–Kier alpha value is -2.92. The van der Waals surface area contributed by atoms with Gasteiger partial charge in [-0.1, -0.05) is 41.9 Å². The van der Waals surface area contributed by atoms with Crippen molar-refractivity contribution >= 4 is 23.6 Å². The van der Waals surface area contributed by atoms with Crippen molar-refractivity contribution in [2.24, 2.45) is 0 Å². The summed E-state index contributed by atoms with van der Waals surface area (Å²) in [5, 5.41) is 7.62. The van der Waals surface area contributed by atoms with E-state index in [0.29, 0.717) is 17.3 Å². The number of carbonyl (C=O) groups is 1. The minimum Gasteiger partial charge on any atom is -0.348 e. The van der Waals surface area contributed by atoms with Gasteiger partial charge < -0.3 is 5.32 Å². The zero-order valence-electron chi connectivity index (χ0n) is 14.1. The molecule has 4 nitrogen and oxygen atoms in total. The van der Waals surface area contributed by atoms with Crippen molar-refractivity contribution in [2.45, 2.75) is 13.5 Å². The van der Waals surface area contributed by atoms with E-state index in [1.807, 2.05) is 37.3 Å². The molecule has 2 aromatic carbocycles. The molecular weight excluding hydrogens is 353 g/mol. The lowest BCUT2D eigenvalue weighted by Crippen LogP contribution is -2.20. The Bertz CT molecular complexity index is 934. The van der Waals surface area contributed by atoms with Crippen molar-refractivity contribution in [1.29, 1.82) is 0 Å². The first-order chi connectivity index (χ1) is 12.5. The van der Waals surface area contributed by atoms with Crippen LogP contribution >= 0.6 is 11.6 Å². The van der Waals surface area contributed by atoms with Crippen LogP contribution in [-0.4, -0.2) is 15.7 Å². The minimum atomic E-state index is -0.305. The highest BCUT2D eigenvalue weighted by Gasteiger charge is 2.12. The molecule has 0 aliphatic carbocycles. The fourth-order valence-corrected chi connectivity index (χ4v) is 2.79. The lowest BCUT2D eigenvalue weighted by Gasteiger charge is -2.03. The highest BCUT2D eigenvalue weighted by atomic mass is 35.5. The van der Waals surface area contributed by atoms with E-state index in [1.165, 1.54) is 18.2 Å². The number of nitrogens with zero attached hydrogens (tertiary/aromatic N) is 2. The standard InChI is InChI=1S/C20H17ClFN3O/c1-14-18(20(21)25(24-14)17-5-3-2-4-6-17)11-12-19(26)23-13-15-7-9-16(22)10-8-15/h2-12H,13H2,1H3,(H,23,26)/b12-11+. The largest absolute Gasteiger partial charge is 0.348 e. The summed E-state index contributed by atoms with van der Waals surface area (Å²) in [5.41, 5.74) is 3.08. The van der Waals surface area contributed by atoms with Crippen molar-refractivity contribution in [3.63, 3.8) is 0 Å². The zero-order valence-corrected chi connectivity index (χ0v) is 14.9. The minimum absolute atomic E-state index is 0.266. The second-order valence-electron chi connectivity index (χ2n) is 5.71. The van der Waals surface area contributed by atoms with Gasteiger partial charge in [0.1, 0.15) is 11.0 Å². The normalized spacial score (nSPS) is 11.0. The van der Waals surface area contributed by atoms with Crippen LogP contribution in [0.5, 0.6) is 0 Å². The van der Waals surface area contributed by atoms with Gasteiger partial charge in [0.15, 0.2) is 0 Å². The molecule has 0 radical (unpaired) electrons. The van der Waals surface area contributed by atoms with Crippen LogP contribution in [0.4, 0.5) is 4.39 Å². The smallest absolute Gasteiger partial charge is 0.244 e. The third-order valence-corrected chi connectivity index (χ3v) is 4.19. The second-order valence-corrected chi connectivity index (χ2v) is 6.07. The Labute approximate surface area is 155 Å². The molecule has 0 aliphatic heterocycles. The molecule has 3 aromatic rings. The van der Waals surface area contributed by atoms with Crippen molar-refractivity contribution in [2.75, 3.05) is 0 Å². The maximum absolute atomic E-state index is 12.9. The van der Waals surface area contributed by atoms with Gasteiger partial charge in [-0.3, -0.25) is 4.79 Å². The SMILES string of the molecule is Cc1nn(-c2ccccc2)c(Cl)c1/C=C/C(=O)NCc1ccc(F)cc1. The molecule has 0 saturated carbocycles. The van der Waals surface area contributed by atoms with Crippen LogP contribution in [0.15, 0.2) is 60.7 Å². The molecule has 0 atom stereocenters. The number of hydrogen-bond acceptors (Lipinski definition) is 2. The first kappa shape index (κ1) is 17.9. The molecule has 0 unspecified atom stereocenters. The molecule has 3 rings (SSSR count). The molecule has 0 spiro atoms. The summed E-state index contributed by atoms with van der Waals surface area (Å²) in [6, 6.07) is 15.5. The first-order valence-electron chi connectivity index (χ1n) is 8.05. The third kappa shape index (κ3) is 4.18. The number of aromatic nitrogens is 2. The first-order valence-corrected chi connectivity index (χ1v) is 8.43. The number of benzene rings is 2. The predicted molar refractivity (Wildman–Crippen MR) is 101 cm³/mol. The highest BCUT2D eigenvalue weighted by molar-refractivity contribution is 6.31. The molecule has 1 amide bonds. The van der Waals surface area contributed by atoms with Crippen molar-refractivity contribution in [3.05, 3.63) is 88.5 Å². The Balaban J connectivity index is 1.69. The quantitative estimate of drug-likeness (QED) is 0.681. The molecular formula is C20H17ClFN3O. The van der Waals surface area contributed by atoms with E-state index < -0.39 is 0 Å². The van der Waals surface area contributed by atoms with Gasteiger partial charge in [-0.05, 0) is 42.8 Å². The van der Waals surface area contributed by atoms with Crippen LogP contribution in [0.2, 0.25) is 5.15 Å². The van der Waals surface area contributed by atoms with Gasteiger partial charge in [0.05, 0.1) is 11.4 Å². The van der Waals surface area contributed by atoms with Gasteiger partial charge in [0, 0.05) is 18.2 Å². The third-order valence-electron chi connectivity index (χ3n) is 3.83. The van der Waals surface area contributed by atoms with Crippen LogP contribution in [0.25, 0.3) is 11.8 Å². The molecule has 132 valence electrons. The maximum Gasteiger partial charge on any atom is 0.244 e. The van der Waals surface area contributed by atoms with Gasteiger partial charge in [-0.2, -0.15) is 5.10 Å². The van der Waals surface area contributed by atoms with Gasteiger partial charge >= 0.3 is 0 Å². The van der Waals surface area contributed by atoms with Crippen molar-refractivity contribution < 1.29 is 9.18 Å². The summed E-state index contributed by atoms with van der Waals surface area (Å²) >= 11 is 6.42. The van der Waals surface area contributed by atoms with Crippen LogP contribution in [0.1, 0.15) is 16.8 Å². The number of carbonyl (C=O) groups excluding carboxylic acids is 1. The van der Waals surface area contributed by atoms with Gasteiger partial charge in [0.2, 0.25) is 5.91 Å². The lowest BCUT2D eigenvalue weighted by molar-refractivity contribution is -0.116. The summed E-state index contributed by atoms with van der Waals surface area (Å²) in [4.78, 5) is 12.0. The van der Waals surface area contributed by atoms with Gasteiger partial charge in [-0.15, -0.1) is 0 Å². The number of amides is 1. The van der Waals surface area contributed by atoms with Crippen LogP contribution in [-0.2, 0) is 11.3 Å². The monoisotopic (exact) mass is 369 g/mol. The molecule has 1 N–H and O–H groups in total. The summed E-state index contributed by atoms with van der Waals surface area (Å²) in [5.74, 6) is -0.572. The number of aryl methyl sites for hydroxylation is 1. The average molecular weight is 370 g/mol. The Morgan fingerprint density at radius 3 is 2.58 bits per heavy atom. The van der Waals surface area contributed by atoms with E-state index in [0.717, 1.165) is 16.9 Å². The Morgan fingerprint density at radius 2 is 1.88 bits per heavy atom. The summed E-state index contributed by atoms with van der Waals surface area (Å²) in [6.45, 7) is 2.15. The molecule has 0 saturated heterocycles. The average Bonchev–Trinajstić information content (AvgIpc) is 2.94. The zero-order chi connectivity index (χ0) is 18.5. The molecule has 0 bridgehead atoms. The number of rotatable bonds is 5. The molecule has 0 fully saturated rings. The molecule has 0 aliphatic rings. The van der Waals surface area contributed by atoms with Crippen LogP contribution in [0.3, 0.4) is 0 Å². The predicted octanol–water partition coefficient (Wildman–Crippen LogP) is 4.30. The van der Waals surface area contributed by atoms with E-state index in [2.05, 4.69) is 10.4 Å². The maximum atomic E-state index is 12.9. The van der Waals surface area contributed by atoms with Gasteiger partial charge in [0.25, 0.3) is 0 Å². The molecule has 1 aromatic heterocycles. The molecule has 6 heteroatoms. The summed E-state index contributed by atoms with van der Waals surface area (Å²) < 4.78 is 14.5. The highest BCUT2D eigenvalue weighted by Crippen LogP contribution is 2.24. The van der Waals surface area contributed by atoms with E-state index in [9.17, 15) is 9.18 Å². The lowest BCUT2D eigenvalue weighted by atomic mass is 10.2. The fraction of sp³-hybridized carbons (Fsp3) is 0.100. The van der Waals surface area contributed by atoms with E-state index in [4.69, 9.17) is 11.6 Å². The van der Waals surface area contributed by atoms with Crippen molar-refractivity contribution in [1.82, 2.24) is 15.1 Å². The fourth-order valence-electron chi connectivity index (χ4n) is 2.45. The number of hydrogen-bond donors (Lipinski definition) is 1. The van der Waals surface area contributed by atoms with E-state index in [-0.39, 0.29) is 11.7 Å². The molecule has 1 heterocycles. The summed E-state index contributed by atoms with van der Waals surface area (Å²) in [6.07, 6.45) is 3.05. The summed E-state index contributed by atoms with van der Waals surface area (Å²) in [7, 11) is 0. The number of para-hydroxylation sites is 1. The topological polar surface area (TPSA) is 46.9 Å². The van der Waals surface area contributed by atoms with E-state index in [1.54, 1.807) is 22.9 Å². The number of halogens is 2. The van der Waals surface area contributed by atoms with Crippen LogP contribution < -0.4 is 5.32 Å². The Morgan fingerprint density at radius 1 is 1.19 bits per heavy atom. The van der Waals surface area contributed by atoms with E-state index >= 15 is 0 Å². The van der Waals surface area contributed by atoms with Gasteiger partial charge in [-0.25, -0.2) is 9.07 Å². The second kappa shape index (κ2) is 7.97. The van der Waals surface area contributed by atoms with Crippen LogP contribution in [0, 0.1) is 12.7 Å². The molecule has 26 heavy (non-hydrogen) atoms. The van der Waals surface area contributed by atoms with Crippen molar-refractivity contribution in [3.8, 4) is 5.69 Å².